The maximum Gasteiger partial charge on any atom is 0.230 e. The number of hydrogen-bond donors (Lipinski definition) is 2. The van der Waals surface area contributed by atoms with E-state index in [1.165, 1.54) is 5.56 Å². The first-order chi connectivity index (χ1) is 13.3. The van der Waals surface area contributed by atoms with Crippen molar-refractivity contribution in [3.8, 4) is 11.3 Å². The quantitative estimate of drug-likeness (QED) is 0.528. The molecule has 2 heterocycles. The van der Waals surface area contributed by atoms with Crippen molar-refractivity contribution >= 4 is 22.9 Å². The van der Waals surface area contributed by atoms with Crippen LogP contribution in [0.1, 0.15) is 16.3 Å². The van der Waals surface area contributed by atoms with Crippen LogP contribution in [0.2, 0.25) is 0 Å². The SMILES string of the molecule is O=C(Cc1csc(Cc2ccccc2)n1)Nc1ccc(-c2ccn[nH]2)cc1. The molecule has 0 fully saturated rings. The Balaban J connectivity index is 1.34. The standard InChI is InChI=1S/C21H18N4OS/c26-20(23-17-8-6-16(7-9-17)19-10-11-22-25-19)13-18-14-27-21(24-18)12-15-4-2-1-3-5-15/h1-11,14H,12-13H2,(H,22,25)(H,23,26). The molecule has 0 bridgehead atoms. The molecule has 2 aromatic heterocycles. The summed E-state index contributed by atoms with van der Waals surface area (Å²) in [5.41, 5.74) is 4.76. The van der Waals surface area contributed by atoms with Gasteiger partial charge in [0.25, 0.3) is 0 Å². The van der Waals surface area contributed by atoms with E-state index in [2.05, 4.69) is 32.6 Å². The molecule has 1 amide bonds. The van der Waals surface area contributed by atoms with Crippen LogP contribution in [0, 0.1) is 0 Å². The second-order valence-electron chi connectivity index (χ2n) is 6.17. The number of thiazole rings is 1. The number of benzene rings is 2. The van der Waals surface area contributed by atoms with Crippen molar-refractivity contribution in [2.45, 2.75) is 12.8 Å². The molecule has 0 aliphatic rings. The first-order valence-corrected chi connectivity index (χ1v) is 9.51. The lowest BCUT2D eigenvalue weighted by Crippen LogP contribution is -2.14. The third-order valence-corrected chi connectivity index (χ3v) is 5.02. The largest absolute Gasteiger partial charge is 0.326 e. The van der Waals surface area contributed by atoms with Gasteiger partial charge in [-0.3, -0.25) is 9.89 Å². The Kier molecular flexibility index (Phi) is 5.07. The van der Waals surface area contributed by atoms with Crippen LogP contribution in [0.4, 0.5) is 5.69 Å². The van der Waals surface area contributed by atoms with Crippen LogP contribution in [-0.2, 0) is 17.6 Å². The number of H-pyrrole nitrogens is 1. The molecule has 6 heteroatoms. The van der Waals surface area contributed by atoms with Gasteiger partial charge in [-0.1, -0.05) is 42.5 Å². The smallest absolute Gasteiger partial charge is 0.230 e. The van der Waals surface area contributed by atoms with Gasteiger partial charge in [0.05, 0.1) is 22.8 Å². The average molecular weight is 374 g/mol. The Morgan fingerprint density at radius 1 is 1.04 bits per heavy atom. The first kappa shape index (κ1) is 17.2. The second kappa shape index (κ2) is 7.97. The van der Waals surface area contributed by atoms with E-state index in [0.717, 1.165) is 34.1 Å². The van der Waals surface area contributed by atoms with Gasteiger partial charge in [0.2, 0.25) is 5.91 Å². The fraction of sp³-hybridized carbons (Fsp3) is 0.0952. The summed E-state index contributed by atoms with van der Waals surface area (Å²) in [6, 6.07) is 19.8. The Labute approximate surface area is 161 Å². The van der Waals surface area contributed by atoms with Gasteiger partial charge in [0.15, 0.2) is 0 Å². The molecular weight excluding hydrogens is 356 g/mol. The number of rotatable bonds is 6. The maximum absolute atomic E-state index is 12.3. The van der Waals surface area contributed by atoms with Gasteiger partial charge >= 0.3 is 0 Å². The fourth-order valence-corrected chi connectivity index (χ4v) is 3.63. The van der Waals surface area contributed by atoms with E-state index in [4.69, 9.17) is 0 Å². The summed E-state index contributed by atoms with van der Waals surface area (Å²) in [6.07, 6.45) is 2.78. The van der Waals surface area contributed by atoms with Gasteiger partial charge in [0.1, 0.15) is 0 Å². The summed E-state index contributed by atoms with van der Waals surface area (Å²) in [4.78, 5) is 16.9. The third-order valence-electron chi connectivity index (χ3n) is 4.12. The summed E-state index contributed by atoms with van der Waals surface area (Å²) >= 11 is 1.59. The van der Waals surface area contributed by atoms with E-state index >= 15 is 0 Å². The fourth-order valence-electron chi connectivity index (χ4n) is 2.80. The number of aromatic nitrogens is 3. The number of nitrogens with zero attached hydrogens (tertiary/aromatic N) is 2. The van der Waals surface area contributed by atoms with Crippen molar-refractivity contribution in [1.82, 2.24) is 15.2 Å². The molecule has 0 aliphatic carbocycles. The van der Waals surface area contributed by atoms with Crippen LogP contribution >= 0.6 is 11.3 Å². The van der Waals surface area contributed by atoms with Gasteiger partial charge in [-0.2, -0.15) is 5.10 Å². The lowest BCUT2D eigenvalue weighted by molar-refractivity contribution is -0.115. The molecule has 5 nitrogen and oxygen atoms in total. The summed E-state index contributed by atoms with van der Waals surface area (Å²) in [7, 11) is 0. The van der Waals surface area contributed by atoms with E-state index in [1.807, 2.05) is 53.9 Å². The molecular formula is C21H18N4OS. The number of anilines is 1. The Bertz CT molecular complexity index is 1010. The summed E-state index contributed by atoms with van der Waals surface area (Å²) in [5, 5.41) is 12.8. The minimum Gasteiger partial charge on any atom is -0.326 e. The van der Waals surface area contributed by atoms with Crippen LogP contribution in [-0.4, -0.2) is 21.1 Å². The summed E-state index contributed by atoms with van der Waals surface area (Å²) in [6.45, 7) is 0. The van der Waals surface area contributed by atoms with Crippen LogP contribution < -0.4 is 5.32 Å². The zero-order valence-corrected chi connectivity index (χ0v) is 15.4. The summed E-state index contributed by atoms with van der Waals surface area (Å²) < 4.78 is 0. The van der Waals surface area contributed by atoms with Crippen LogP contribution in [0.3, 0.4) is 0 Å². The van der Waals surface area contributed by atoms with Crippen molar-refractivity contribution in [3.05, 3.63) is 88.5 Å². The molecule has 0 spiro atoms. The lowest BCUT2D eigenvalue weighted by atomic mass is 10.1. The molecule has 0 saturated heterocycles. The lowest BCUT2D eigenvalue weighted by Gasteiger charge is -2.05. The number of hydrogen-bond acceptors (Lipinski definition) is 4. The molecule has 0 aliphatic heterocycles. The number of carbonyl (C=O) groups excluding carboxylic acids is 1. The van der Waals surface area contributed by atoms with Gasteiger partial charge in [-0.05, 0) is 29.3 Å². The van der Waals surface area contributed by atoms with Gasteiger partial charge in [-0.15, -0.1) is 11.3 Å². The van der Waals surface area contributed by atoms with Crippen molar-refractivity contribution < 1.29 is 4.79 Å². The number of nitrogens with one attached hydrogen (secondary N) is 2. The summed E-state index contributed by atoms with van der Waals surface area (Å²) in [5.74, 6) is -0.0687. The molecule has 0 unspecified atom stereocenters. The minimum atomic E-state index is -0.0687. The van der Waals surface area contributed by atoms with E-state index in [1.54, 1.807) is 17.5 Å². The molecule has 4 rings (SSSR count). The van der Waals surface area contributed by atoms with Crippen molar-refractivity contribution in [1.29, 1.82) is 0 Å². The molecule has 0 radical (unpaired) electrons. The minimum absolute atomic E-state index is 0.0687. The molecule has 4 aromatic rings. The third kappa shape index (κ3) is 4.48. The molecule has 2 aromatic carbocycles. The van der Waals surface area contributed by atoms with Crippen LogP contribution in [0.25, 0.3) is 11.3 Å². The maximum atomic E-state index is 12.3. The number of amides is 1. The zero-order chi connectivity index (χ0) is 18.5. The Hall–Kier alpha value is -3.25. The van der Waals surface area contributed by atoms with Gasteiger partial charge in [0, 0.05) is 23.7 Å². The van der Waals surface area contributed by atoms with E-state index in [0.29, 0.717) is 0 Å². The number of carbonyl (C=O) groups is 1. The highest BCUT2D eigenvalue weighted by molar-refractivity contribution is 7.09. The first-order valence-electron chi connectivity index (χ1n) is 8.63. The molecule has 27 heavy (non-hydrogen) atoms. The average Bonchev–Trinajstić information content (AvgIpc) is 3.36. The number of aromatic amines is 1. The van der Waals surface area contributed by atoms with Gasteiger partial charge < -0.3 is 5.32 Å². The molecule has 0 saturated carbocycles. The normalized spacial score (nSPS) is 10.7. The van der Waals surface area contributed by atoms with E-state index < -0.39 is 0 Å². The molecule has 2 N–H and O–H groups in total. The zero-order valence-electron chi connectivity index (χ0n) is 14.6. The van der Waals surface area contributed by atoms with Gasteiger partial charge in [-0.25, -0.2) is 4.98 Å². The highest BCUT2D eigenvalue weighted by Gasteiger charge is 2.09. The highest BCUT2D eigenvalue weighted by atomic mass is 32.1. The van der Waals surface area contributed by atoms with Crippen molar-refractivity contribution in [2.24, 2.45) is 0 Å². The predicted octanol–water partition coefficient (Wildman–Crippen LogP) is 4.31. The second-order valence-corrected chi connectivity index (χ2v) is 7.11. The van der Waals surface area contributed by atoms with E-state index in [-0.39, 0.29) is 12.3 Å². The molecule has 0 atom stereocenters. The monoisotopic (exact) mass is 374 g/mol. The Morgan fingerprint density at radius 3 is 2.59 bits per heavy atom. The van der Waals surface area contributed by atoms with Crippen LogP contribution in [0.15, 0.2) is 72.2 Å². The topological polar surface area (TPSA) is 70.7 Å². The van der Waals surface area contributed by atoms with Crippen molar-refractivity contribution in [3.63, 3.8) is 0 Å². The molecule has 134 valence electrons. The van der Waals surface area contributed by atoms with Crippen molar-refractivity contribution in [2.75, 3.05) is 5.32 Å². The van der Waals surface area contributed by atoms with Crippen LogP contribution in [0.5, 0.6) is 0 Å². The van der Waals surface area contributed by atoms with E-state index in [9.17, 15) is 4.79 Å². The predicted molar refractivity (Wildman–Crippen MR) is 108 cm³/mol. The highest BCUT2D eigenvalue weighted by Crippen LogP contribution is 2.19. The Morgan fingerprint density at radius 2 is 1.85 bits per heavy atom.